The molecule has 0 saturated carbocycles. The Bertz CT molecular complexity index is 1280. The van der Waals surface area contributed by atoms with E-state index < -0.39 is 29.3 Å². The van der Waals surface area contributed by atoms with Crippen molar-refractivity contribution in [3.05, 3.63) is 94.0 Å². The van der Waals surface area contributed by atoms with Gasteiger partial charge in [-0.25, -0.2) is 4.39 Å². The predicted octanol–water partition coefficient (Wildman–Crippen LogP) is 4.51. The quantitative estimate of drug-likeness (QED) is 0.316. The van der Waals surface area contributed by atoms with Crippen molar-refractivity contribution in [2.24, 2.45) is 0 Å². The standard InChI is InChI=1S/C25H20ClFN2O5/c1-33-19-12-18(26)20(34-2)11-17(19)23(30)21-22(15-3-5-16(27)6-4-15)29(25(32)24(21)31)13-14-7-9-28-10-8-14/h3-12,22,30H,13H2,1-2H3/b23-21+. The van der Waals surface area contributed by atoms with Gasteiger partial charge in [0, 0.05) is 25.0 Å². The Morgan fingerprint density at radius 2 is 1.71 bits per heavy atom. The van der Waals surface area contributed by atoms with Crippen molar-refractivity contribution >= 4 is 29.1 Å². The molecular formula is C25H20ClFN2O5. The van der Waals surface area contributed by atoms with Crippen LogP contribution in [0.15, 0.2) is 66.5 Å². The maximum atomic E-state index is 13.7. The van der Waals surface area contributed by atoms with Crippen molar-refractivity contribution in [3.8, 4) is 11.5 Å². The third kappa shape index (κ3) is 4.20. The van der Waals surface area contributed by atoms with E-state index in [1.807, 2.05) is 0 Å². The largest absolute Gasteiger partial charge is 0.507 e. The predicted molar refractivity (Wildman–Crippen MR) is 123 cm³/mol. The van der Waals surface area contributed by atoms with Crippen LogP contribution < -0.4 is 9.47 Å². The average molecular weight is 483 g/mol. The third-order valence-corrected chi connectivity index (χ3v) is 5.85. The van der Waals surface area contributed by atoms with Gasteiger partial charge in [-0.05, 0) is 41.5 Å². The van der Waals surface area contributed by atoms with Crippen molar-refractivity contribution in [1.29, 1.82) is 0 Å². The number of pyridine rings is 1. The molecule has 1 amide bonds. The van der Waals surface area contributed by atoms with E-state index in [0.29, 0.717) is 5.56 Å². The molecule has 1 aromatic heterocycles. The van der Waals surface area contributed by atoms with E-state index in [9.17, 15) is 19.1 Å². The second kappa shape index (κ2) is 9.52. The lowest BCUT2D eigenvalue weighted by atomic mass is 9.94. The summed E-state index contributed by atoms with van der Waals surface area (Å²) in [5.41, 5.74) is 1.15. The molecule has 4 rings (SSSR count). The number of carbonyl (C=O) groups is 2. The molecule has 1 fully saturated rings. The Balaban J connectivity index is 1.92. The molecule has 7 nitrogen and oxygen atoms in total. The number of ether oxygens (including phenoxy) is 2. The van der Waals surface area contributed by atoms with Crippen LogP contribution in [-0.4, -0.2) is 40.9 Å². The van der Waals surface area contributed by atoms with E-state index >= 15 is 0 Å². The van der Waals surface area contributed by atoms with Crippen LogP contribution in [0, 0.1) is 5.82 Å². The number of carbonyl (C=O) groups excluding carboxylic acids is 2. The van der Waals surface area contributed by atoms with Gasteiger partial charge in [0.15, 0.2) is 0 Å². The van der Waals surface area contributed by atoms with Crippen LogP contribution in [0.4, 0.5) is 4.39 Å². The zero-order valence-electron chi connectivity index (χ0n) is 18.3. The van der Waals surface area contributed by atoms with E-state index in [1.54, 1.807) is 24.5 Å². The Morgan fingerprint density at radius 1 is 1.06 bits per heavy atom. The number of aromatic nitrogens is 1. The Labute approximate surface area is 200 Å². The van der Waals surface area contributed by atoms with E-state index in [1.165, 1.54) is 55.5 Å². The summed E-state index contributed by atoms with van der Waals surface area (Å²) in [6.45, 7) is 0.0764. The zero-order chi connectivity index (χ0) is 24.4. The summed E-state index contributed by atoms with van der Waals surface area (Å²) >= 11 is 6.18. The summed E-state index contributed by atoms with van der Waals surface area (Å²) in [5.74, 6) is -2.19. The highest BCUT2D eigenvalue weighted by atomic mass is 35.5. The fourth-order valence-corrected chi connectivity index (χ4v) is 4.14. The highest BCUT2D eigenvalue weighted by Gasteiger charge is 2.46. The van der Waals surface area contributed by atoms with E-state index in [4.69, 9.17) is 21.1 Å². The summed E-state index contributed by atoms with van der Waals surface area (Å²) in [5, 5.41) is 11.6. The average Bonchev–Trinajstić information content (AvgIpc) is 3.09. The van der Waals surface area contributed by atoms with Gasteiger partial charge in [0.1, 0.15) is 23.1 Å². The van der Waals surface area contributed by atoms with E-state index in [-0.39, 0.29) is 34.2 Å². The van der Waals surface area contributed by atoms with E-state index in [0.717, 1.165) is 5.56 Å². The molecule has 3 aromatic rings. The van der Waals surface area contributed by atoms with Crippen LogP contribution in [0.2, 0.25) is 5.02 Å². The number of hydrogen-bond acceptors (Lipinski definition) is 6. The molecule has 0 aliphatic carbocycles. The maximum Gasteiger partial charge on any atom is 0.295 e. The molecule has 1 aliphatic rings. The lowest BCUT2D eigenvalue weighted by Gasteiger charge is -2.25. The van der Waals surface area contributed by atoms with Gasteiger partial charge in [-0.3, -0.25) is 14.6 Å². The second-order valence-corrected chi connectivity index (χ2v) is 7.93. The molecule has 1 unspecified atom stereocenters. The minimum absolute atomic E-state index is 0.0764. The second-order valence-electron chi connectivity index (χ2n) is 7.52. The van der Waals surface area contributed by atoms with Gasteiger partial charge in [0.2, 0.25) is 0 Å². The summed E-state index contributed by atoms with van der Waals surface area (Å²) in [4.78, 5) is 31.6. The number of rotatable bonds is 6. The molecule has 0 bridgehead atoms. The molecule has 0 radical (unpaired) electrons. The molecular weight excluding hydrogens is 463 g/mol. The number of Topliss-reactive ketones (excluding diaryl/α,β-unsaturated/α-hetero) is 1. The van der Waals surface area contributed by atoms with Gasteiger partial charge in [-0.2, -0.15) is 0 Å². The highest BCUT2D eigenvalue weighted by molar-refractivity contribution is 6.46. The lowest BCUT2D eigenvalue weighted by Crippen LogP contribution is -2.29. The van der Waals surface area contributed by atoms with E-state index in [2.05, 4.69) is 4.98 Å². The van der Waals surface area contributed by atoms with Crippen LogP contribution in [0.1, 0.15) is 22.7 Å². The van der Waals surface area contributed by atoms with Crippen LogP contribution >= 0.6 is 11.6 Å². The van der Waals surface area contributed by atoms with Gasteiger partial charge < -0.3 is 19.5 Å². The van der Waals surface area contributed by atoms with Crippen LogP contribution in [-0.2, 0) is 16.1 Å². The molecule has 34 heavy (non-hydrogen) atoms. The molecule has 1 atom stereocenters. The summed E-state index contributed by atoms with van der Waals surface area (Å²) < 4.78 is 24.2. The maximum absolute atomic E-state index is 13.7. The molecule has 174 valence electrons. The third-order valence-electron chi connectivity index (χ3n) is 5.56. The van der Waals surface area contributed by atoms with Gasteiger partial charge in [-0.15, -0.1) is 0 Å². The minimum Gasteiger partial charge on any atom is -0.507 e. The fraction of sp³-hybridized carbons (Fsp3) is 0.160. The first kappa shape index (κ1) is 23.3. The number of amides is 1. The number of benzene rings is 2. The number of ketones is 1. The normalized spacial score (nSPS) is 17.2. The number of aliphatic hydroxyl groups is 1. The van der Waals surface area contributed by atoms with Crippen LogP contribution in [0.5, 0.6) is 11.5 Å². The number of hydrogen-bond donors (Lipinski definition) is 1. The summed E-state index contributed by atoms with van der Waals surface area (Å²) in [6.07, 6.45) is 3.15. The van der Waals surface area contributed by atoms with Crippen LogP contribution in [0.3, 0.4) is 0 Å². The first-order chi connectivity index (χ1) is 16.3. The molecule has 2 aromatic carbocycles. The number of likely N-dealkylation sites (tertiary alicyclic amines) is 1. The smallest absolute Gasteiger partial charge is 0.295 e. The first-order valence-corrected chi connectivity index (χ1v) is 10.6. The number of nitrogens with zero attached hydrogens (tertiary/aromatic N) is 2. The topological polar surface area (TPSA) is 89.0 Å². The summed E-state index contributed by atoms with van der Waals surface area (Å²) in [7, 11) is 2.79. The van der Waals surface area contributed by atoms with Crippen LogP contribution in [0.25, 0.3) is 5.76 Å². The monoisotopic (exact) mass is 482 g/mol. The van der Waals surface area contributed by atoms with Crippen molar-refractivity contribution in [2.75, 3.05) is 14.2 Å². The summed E-state index contributed by atoms with van der Waals surface area (Å²) in [6, 6.07) is 10.7. The van der Waals surface area contributed by atoms with Crippen molar-refractivity contribution in [2.45, 2.75) is 12.6 Å². The van der Waals surface area contributed by atoms with Crippen molar-refractivity contribution in [1.82, 2.24) is 9.88 Å². The number of aliphatic hydroxyl groups excluding tert-OH is 1. The van der Waals surface area contributed by atoms with Gasteiger partial charge >= 0.3 is 0 Å². The SMILES string of the molecule is COc1cc(/C(O)=C2\C(=O)C(=O)N(Cc3ccncc3)C2c2ccc(F)cc2)c(OC)cc1Cl. The molecule has 2 heterocycles. The highest BCUT2D eigenvalue weighted by Crippen LogP contribution is 2.43. The Hall–Kier alpha value is -3.91. The number of methoxy groups -OCH3 is 2. The Kier molecular flexibility index (Phi) is 6.51. The van der Waals surface area contributed by atoms with Gasteiger partial charge in [-0.1, -0.05) is 23.7 Å². The van der Waals surface area contributed by atoms with Crippen molar-refractivity contribution < 1.29 is 28.6 Å². The molecule has 0 spiro atoms. The molecule has 1 aliphatic heterocycles. The van der Waals surface area contributed by atoms with Crippen molar-refractivity contribution in [3.63, 3.8) is 0 Å². The first-order valence-electron chi connectivity index (χ1n) is 10.2. The van der Waals surface area contributed by atoms with Gasteiger partial charge in [0.05, 0.1) is 36.4 Å². The molecule has 9 heteroatoms. The zero-order valence-corrected chi connectivity index (χ0v) is 19.0. The minimum atomic E-state index is -0.972. The lowest BCUT2D eigenvalue weighted by molar-refractivity contribution is -0.140. The fourth-order valence-electron chi connectivity index (χ4n) is 3.91. The van der Waals surface area contributed by atoms with Gasteiger partial charge in [0.25, 0.3) is 11.7 Å². The molecule has 1 N–H and O–H groups in total. The molecule has 1 saturated heterocycles. The Morgan fingerprint density at radius 3 is 2.32 bits per heavy atom. The number of halogens is 2.